The van der Waals surface area contributed by atoms with Crippen LogP contribution < -0.4 is 0 Å². The molecule has 88 valence electrons. The summed E-state index contributed by atoms with van der Waals surface area (Å²) < 4.78 is 12.9. The van der Waals surface area contributed by atoms with Gasteiger partial charge in [-0.25, -0.2) is 4.39 Å². The Labute approximate surface area is 98.4 Å². The second-order valence-corrected chi connectivity index (χ2v) is 4.34. The molecule has 0 spiro atoms. The fourth-order valence-electron chi connectivity index (χ4n) is 1.78. The van der Waals surface area contributed by atoms with E-state index in [-0.39, 0.29) is 17.0 Å². The van der Waals surface area contributed by atoms with Gasteiger partial charge in [0.15, 0.2) is 0 Å². The van der Waals surface area contributed by atoms with Gasteiger partial charge in [0.05, 0.1) is 11.0 Å². The van der Waals surface area contributed by atoms with Gasteiger partial charge >= 0.3 is 0 Å². The van der Waals surface area contributed by atoms with E-state index in [4.69, 9.17) is 11.6 Å². The molecule has 2 atom stereocenters. The Bertz CT molecular complexity index is 396. The number of halogens is 2. The molecule has 0 N–H and O–H groups in total. The molecule has 0 aliphatic rings. The van der Waals surface area contributed by atoms with E-state index in [1.54, 1.807) is 6.92 Å². The van der Waals surface area contributed by atoms with E-state index in [1.807, 2.05) is 6.92 Å². The van der Waals surface area contributed by atoms with E-state index in [1.165, 1.54) is 12.1 Å². The molecule has 0 amide bonds. The summed E-state index contributed by atoms with van der Waals surface area (Å²) >= 11 is 5.98. The van der Waals surface area contributed by atoms with Crippen molar-refractivity contribution < 1.29 is 9.31 Å². The van der Waals surface area contributed by atoms with Gasteiger partial charge in [0.1, 0.15) is 5.82 Å². The Hall–Kier alpha value is -1.16. The molecule has 0 radical (unpaired) electrons. The van der Waals surface area contributed by atoms with Crippen molar-refractivity contribution in [1.29, 1.82) is 0 Å². The van der Waals surface area contributed by atoms with E-state index >= 15 is 0 Å². The number of hydrogen-bond donors (Lipinski definition) is 0. The van der Waals surface area contributed by atoms with Crippen molar-refractivity contribution in [2.45, 2.75) is 31.6 Å². The Kier molecular flexibility index (Phi) is 4.24. The van der Waals surface area contributed by atoms with Crippen LogP contribution in [-0.2, 0) is 0 Å². The van der Waals surface area contributed by atoms with Gasteiger partial charge in [0, 0.05) is 16.9 Å². The van der Waals surface area contributed by atoms with Crippen molar-refractivity contribution in [2.24, 2.45) is 0 Å². The van der Waals surface area contributed by atoms with Gasteiger partial charge in [-0.2, -0.15) is 0 Å². The third kappa shape index (κ3) is 2.70. The number of rotatable bonds is 4. The monoisotopic (exact) mass is 245 g/mol. The standard InChI is InChI=1S/C11H13ClFNO2/c1-3-9(7(2)12)10-5-4-8(13)6-11(10)14(15)16/h4-7,9H,3H2,1-2H3. The zero-order chi connectivity index (χ0) is 12.3. The summed E-state index contributed by atoms with van der Waals surface area (Å²) in [6.45, 7) is 3.68. The minimum Gasteiger partial charge on any atom is -0.258 e. The largest absolute Gasteiger partial charge is 0.275 e. The summed E-state index contributed by atoms with van der Waals surface area (Å²) in [4.78, 5) is 10.2. The maximum absolute atomic E-state index is 12.9. The van der Waals surface area contributed by atoms with Crippen LogP contribution in [0.3, 0.4) is 0 Å². The molecule has 1 aromatic carbocycles. The topological polar surface area (TPSA) is 43.1 Å². The SMILES string of the molecule is CCC(c1ccc(F)cc1[N+](=O)[O-])C(C)Cl. The van der Waals surface area contributed by atoms with Gasteiger partial charge in [0.2, 0.25) is 0 Å². The highest BCUT2D eigenvalue weighted by atomic mass is 35.5. The number of alkyl halides is 1. The predicted octanol–water partition coefficient (Wildman–Crippen LogP) is 3.85. The van der Waals surface area contributed by atoms with Crippen LogP contribution in [-0.4, -0.2) is 10.3 Å². The summed E-state index contributed by atoms with van der Waals surface area (Å²) in [5.74, 6) is -0.741. The van der Waals surface area contributed by atoms with Crippen LogP contribution >= 0.6 is 11.6 Å². The minimum atomic E-state index is -0.604. The highest BCUT2D eigenvalue weighted by Crippen LogP contribution is 2.33. The minimum absolute atomic E-state index is 0.136. The summed E-state index contributed by atoms with van der Waals surface area (Å²) in [5, 5.41) is 10.6. The zero-order valence-electron chi connectivity index (χ0n) is 9.11. The average molecular weight is 246 g/mol. The Morgan fingerprint density at radius 1 is 1.56 bits per heavy atom. The highest BCUT2D eigenvalue weighted by molar-refractivity contribution is 6.20. The molecule has 0 bridgehead atoms. The quantitative estimate of drug-likeness (QED) is 0.459. The van der Waals surface area contributed by atoms with Crippen molar-refractivity contribution in [3.05, 3.63) is 39.7 Å². The first kappa shape index (κ1) is 12.9. The lowest BCUT2D eigenvalue weighted by molar-refractivity contribution is -0.385. The van der Waals surface area contributed by atoms with Crippen LogP contribution in [0.15, 0.2) is 18.2 Å². The van der Waals surface area contributed by atoms with Crippen molar-refractivity contribution in [3.63, 3.8) is 0 Å². The molecule has 16 heavy (non-hydrogen) atoms. The van der Waals surface area contributed by atoms with E-state index in [2.05, 4.69) is 0 Å². The summed E-state index contributed by atoms with van der Waals surface area (Å²) in [6.07, 6.45) is 0.678. The van der Waals surface area contributed by atoms with E-state index in [0.29, 0.717) is 12.0 Å². The molecule has 0 saturated heterocycles. The molecule has 2 unspecified atom stereocenters. The van der Waals surface area contributed by atoms with Crippen molar-refractivity contribution in [1.82, 2.24) is 0 Å². The first-order valence-electron chi connectivity index (χ1n) is 5.05. The highest BCUT2D eigenvalue weighted by Gasteiger charge is 2.24. The molecular weight excluding hydrogens is 233 g/mol. The second kappa shape index (κ2) is 5.25. The Morgan fingerprint density at radius 2 is 2.19 bits per heavy atom. The molecule has 0 saturated carbocycles. The number of hydrogen-bond acceptors (Lipinski definition) is 2. The molecule has 0 aromatic heterocycles. The zero-order valence-corrected chi connectivity index (χ0v) is 9.87. The van der Waals surface area contributed by atoms with Crippen LogP contribution in [0.4, 0.5) is 10.1 Å². The van der Waals surface area contributed by atoms with Gasteiger partial charge in [0.25, 0.3) is 5.69 Å². The van der Waals surface area contributed by atoms with E-state index in [0.717, 1.165) is 6.07 Å². The van der Waals surface area contributed by atoms with E-state index in [9.17, 15) is 14.5 Å². The van der Waals surface area contributed by atoms with Gasteiger partial charge in [-0.05, 0) is 25.5 Å². The summed E-state index contributed by atoms with van der Waals surface area (Å²) in [7, 11) is 0. The van der Waals surface area contributed by atoms with Crippen molar-refractivity contribution >= 4 is 17.3 Å². The second-order valence-electron chi connectivity index (χ2n) is 3.65. The third-order valence-corrected chi connectivity index (χ3v) is 2.89. The molecule has 0 heterocycles. The number of nitro groups is 1. The first-order chi connectivity index (χ1) is 7.47. The lowest BCUT2D eigenvalue weighted by Gasteiger charge is -2.17. The number of benzene rings is 1. The number of nitrogens with zero attached hydrogens (tertiary/aromatic N) is 1. The molecule has 0 aliphatic carbocycles. The maximum Gasteiger partial charge on any atom is 0.275 e. The Balaban J connectivity index is 3.26. The Morgan fingerprint density at radius 3 is 2.62 bits per heavy atom. The van der Waals surface area contributed by atoms with Crippen LogP contribution in [0, 0.1) is 15.9 Å². The van der Waals surface area contributed by atoms with Crippen LogP contribution in [0.1, 0.15) is 31.7 Å². The number of nitro benzene ring substituents is 1. The van der Waals surface area contributed by atoms with Crippen LogP contribution in [0.5, 0.6) is 0 Å². The van der Waals surface area contributed by atoms with Gasteiger partial charge in [-0.3, -0.25) is 10.1 Å². The lowest BCUT2D eigenvalue weighted by Crippen LogP contribution is -2.10. The summed E-state index contributed by atoms with van der Waals surface area (Å²) in [5.41, 5.74) is 0.302. The molecule has 3 nitrogen and oxygen atoms in total. The fourth-order valence-corrected chi connectivity index (χ4v) is 2.09. The van der Waals surface area contributed by atoms with Gasteiger partial charge in [-0.1, -0.05) is 6.92 Å². The van der Waals surface area contributed by atoms with Crippen LogP contribution in [0.2, 0.25) is 0 Å². The van der Waals surface area contributed by atoms with Crippen LogP contribution in [0.25, 0.3) is 0 Å². The molecule has 0 fully saturated rings. The van der Waals surface area contributed by atoms with Crippen molar-refractivity contribution in [2.75, 3.05) is 0 Å². The molecule has 0 aliphatic heterocycles. The molecular formula is C11H13ClFNO2. The predicted molar refractivity (Wildman–Crippen MR) is 61.4 cm³/mol. The smallest absolute Gasteiger partial charge is 0.258 e. The molecule has 1 aromatic rings. The molecule has 5 heteroatoms. The summed E-state index contributed by atoms with van der Waals surface area (Å²) in [6, 6.07) is 3.61. The molecule has 1 rings (SSSR count). The van der Waals surface area contributed by atoms with Crippen molar-refractivity contribution in [3.8, 4) is 0 Å². The van der Waals surface area contributed by atoms with E-state index < -0.39 is 10.7 Å². The third-order valence-electron chi connectivity index (χ3n) is 2.58. The normalized spacial score (nSPS) is 14.5. The first-order valence-corrected chi connectivity index (χ1v) is 5.49. The lowest BCUT2D eigenvalue weighted by atomic mass is 9.92. The van der Waals surface area contributed by atoms with Gasteiger partial charge in [-0.15, -0.1) is 11.6 Å². The fraction of sp³-hybridized carbons (Fsp3) is 0.455. The maximum atomic E-state index is 12.9. The average Bonchev–Trinajstić information content (AvgIpc) is 2.20. The van der Waals surface area contributed by atoms with Gasteiger partial charge < -0.3 is 0 Å².